The van der Waals surface area contributed by atoms with E-state index in [2.05, 4.69) is 4.57 Å². The number of para-hydroxylation sites is 1. The van der Waals surface area contributed by atoms with Crippen molar-refractivity contribution in [3.05, 3.63) is 58.3 Å². The van der Waals surface area contributed by atoms with Gasteiger partial charge in [-0.2, -0.15) is 0 Å². The van der Waals surface area contributed by atoms with E-state index in [1.165, 1.54) is 0 Å². The standard InChI is InChI=1S/C18H16N2O3S2/c1-11-9-19(13-6-4-3-5-7-13)12(2)14(11)8-15-17(23)20(10-16(21)22)18(24)25-15/h3-9H,10H2,1-2H3,(H,21,22)/b15-8-. The third-order valence-electron chi connectivity index (χ3n) is 3.98. The number of carbonyl (C=O) groups excluding carboxylic acids is 1. The first kappa shape index (κ1) is 17.4. The summed E-state index contributed by atoms with van der Waals surface area (Å²) >= 11 is 6.27. The largest absolute Gasteiger partial charge is 0.480 e. The summed E-state index contributed by atoms with van der Waals surface area (Å²) in [6, 6.07) is 9.94. The first-order chi connectivity index (χ1) is 11.9. The summed E-state index contributed by atoms with van der Waals surface area (Å²) in [5, 5.41) is 8.92. The molecule has 1 aliphatic heterocycles. The molecule has 0 bridgehead atoms. The Bertz CT molecular complexity index is 901. The molecule has 128 valence electrons. The van der Waals surface area contributed by atoms with Gasteiger partial charge in [-0.1, -0.05) is 42.2 Å². The Morgan fingerprint density at radius 3 is 2.60 bits per heavy atom. The fourth-order valence-corrected chi connectivity index (χ4v) is 3.99. The second-order valence-corrected chi connectivity index (χ2v) is 7.35. The van der Waals surface area contributed by atoms with E-state index < -0.39 is 12.5 Å². The van der Waals surface area contributed by atoms with Gasteiger partial charge in [0, 0.05) is 17.6 Å². The van der Waals surface area contributed by atoms with Gasteiger partial charge in [-0.3, -0.25) is 14.5 Å². The van der Waals surface area contributed by atoms with Crippen LogP contribution in [0.1, 0.15) is 16.8 Å². The number of aryl methyl sites for hydroxylation is 1. The molecule has 1 aromatic carbocycles. The highest BCUT2D eigenvalue weighted by Crippen LogP contribution is 2.34. The number of aromatic nitrogens is 1. The molecule has 1 aromatic heterocycles. The number of thioether (sulfide) groups is 1. The predicted octanol–water partition coefficient (Wildman–Crippen LogP) is 3.38. The summed E-state index contributed by atoms with van der Waals surface area (Å²) in [6.07, 6.45) is 3.82. The molecule has 0 atom stereocenters. The van der Waals surface area contributed by atoms with Crippen LogP contribution in [0.2, 0.25) is 0 Å². The second kappa shape index (κ2) is 6.85. The van der Waals surface area contributed by atoms with Crippen LogP contribution in [0.15, 0.2) is 41.4 Å². The fraction of sp³-hybridized carbons (Fsp3) is 0.167. The first-order valence-corrected chi connectivity index (χ1v) is 8.82. The topological polar surface area (TPSA) is 62.5 Å². The Balaban J connectivity index is 1.97. The summed E-state index contributed by atoms with van der Waals surface area (Å²) in [5.41, 5.74) is 4.03. The highest BCUT2D eigenvalue weighted by atomic mass is 32.2. The summed E-state index contributed by atoms with van der Waals surface area (Å²) in [4.78, 5) is 24.9. The normalized spacial score (nSPS) is 16.1. The number of amides is 1. The Hall–Kier alpha value is -2.38. The van der Waals surface area contributed by atoms with Crippen LogP contribution in [-0.4, -0.2) is 37.3 Å². The highest BCUT2D eigenvalue weighted by Gasteiger charge is 2.33. The van der Waals surface area contributed by atoms with Crippen molar-refractivity contribution in [3.8, 4) is 5.69 Å². The molecule has 1 fully saturated rings. The maximum atomic E-state index is 12.4. The van der Waals surface area contributed by atoms with Gasteiger partial charge < -0.3 is 9.67 Å². The second-order valence-electron chi connectivity index (χ2n) is 5.68. The third-order valence-corrected chi connectivity index (χ3v) is 5.35. The zero-order chi connectivity index (χ0) is 18.1. The van der Waals surface area contributed by atoms with E-state index in [0.717, 1.165) is 39.2 Å². The van der Waals surface area contributed by atoms with Crippen LogP contribution in [0.4, 0.5) is 0 Å². The number of benzene rings is 1. The molecule has 2 aromatic rings. The molecule has 1 amide bonds. The van der Waals surface area contributed by atoms with Gasteiger partial charge in [-0.05, 0) is 43.2 Å². The molecule has 0 unspecified atom stereocenters. The van der Waals surface area contributed by atoms with Gasteiger partial charge in [0.25, 0.3) is 5.91 Å². The lowest BCUT2D eigenvalue weighted by atomic mass is 10.1. The molecule has 1 saturated heterocycles. The number of nitrogens with zero attached hydrogens (tertiary/aromatic N) is 2. The lowest BCUT2D eigenvalue weighted by Gasteiger charge is -2.10. The van der Waals surface area contributed by atoms with E-state index in [-0.39, 0.29) is 10.2 Å². The van der Waals surface area contributed by atoms with Crippen molar-refractivity contribution < 1.29 is 14.7 Å². The first-order valence-electron chi connectivity index (χ1n) is 7.59. The van der Waals surface area contributed by atoms with Crippen LogP contribution in [-0.2, 0) is 9.59 Å². The smallest absolute Gasteiger partial charge is 0.323 e. The van der Waals surface area contributed by atoms with Crippen molar-refractivity contribution >= 4 is 46.3 Å². The molecule has 0 saturated carbocycles. The Morgan fingerprint density at radius 1 is 1.28 bits per heavy atom. The van der Waals surface area contributed by atoms with Gasteiger partial charge >= 0.3 is 5.97 Å². The SMILES string of the molecule is Cc1cn(-c2ccccc2)c(C)c1/C=C1\SC(=S)N(CC(=O)O)C1=O. The number of hydrogen-bond donors (Lipinski definition) is 1. The molecule has 7 heteroatoms. The number of carbonyl (C=O) groups is 2. The number of carboxylic acids is 1. The van der Waals surface area contributed by atoms with Crippen molar-refractivity contribution in [1.82, 2.24) is 9.47 Å². The van der Waals surface area contributed by atoms with Gasteiger partial charge in [0.1, 0.15) is 10.9 Å². The predicted molar refractivity (Wildman–Crippen MR) is 103 cm³/mol. The number of aliphatic carboxylic acids is 1. The monoisotopic (exact) mass is 372 g/mol. The van der Waals surface area contributed by atoms with Gasteiger partial charge in [0.15, 0.2) is 0 Å². The lowest BCUT2D eigenvalue weighted by Crippen LogP contribution is -2.33. The van der Waals surface area contributed by atoms with Crippen molar-refractivity contribution in [2.75, 3.05) is 6.54 Å². The van der Waals surface area contributed by atoms with Crippen LogP contribution in [0.25, 0.3) is 11.8 Å². The average molecular weight is 372 g/mol. The van der Waals surface area contributed by atoms with Crippen molar-refractivity contribution in [2.45, 2.75) is 13.8 Å². The number of thiocarbonyl (C=S) groups is 1. The molecule has 3 rings (SSSR count). The van der Waals surface area contributed by atoms with Crippen molar-refractivity contribution in [1.29, 1.82) is 0 Å². The molecule has 0 radical (unpaired) electrons. The molecule has 5 nitrogen and oxygen atoms in total. The molecular weight excluding hydrogens is 356 g/mol. The van der Waals surface area contributed by atoms with Crippen LogP contribution in [0.3, 0.4) is 0 Å². The van der Waals surface area contributed by atoms with Crippen LogP contribution < -0.4 is 0 Å². The van der Waals surface area contributed by atoms with Crippen molar-refractivity contribution in [3.63, 3.8) is 0 Å². The quantitative estimate of drug-likeness (QED) is 0.658. The Labute approximate surface area is 154 Å². The Morgan fingerprint density at radius 2 is 1.96 bits per heavy atom. The summed E-state index contributed by atoms with van der Waals surface area (Å²) in [5.74, 6) is -1.44. The van der Waals surface area contributed by atoms with Crippen LogP contribution >= 0.6 is 24.0 Å². The minimum atomic E-state index is -1.08. The number of carboxylic acid groups (broad SMARTS) is 1. The molecular formula is C18H16N2O3S2. The van der Waals surface area contributed by atoms with Crippen LogP contribution in [0.5, 0.6) is 0 Å². The maximum Gasteiger partial charge on any atom is 0.323 e. The highest BCUT2D eigenvalue weighted by molar-refractivity contribution is 8.26. The van der Waals surface area contributed by atoms with E-state index >= 15 is 0 Å². The maximum absolute atomic E-state index is 12.4. The number of hydrogen-bond acceptors (Lipinski definition) is 4. The third kappa shape index (κ3) is 3.38. The van der Waals surface area contributed by atoms with E-state index in [0.29, 0.717) is 4.91 Å². The van der Waals surface area contributed by atoms with E-state index in [4.69, 9.17) is 17.3 Å². The molecule has 1 aliphatic rings. The van der Waals surface area contributed by atoms with Gasteiger partial charge in [0.05, 0.1) is 4.91 Å². The lowest BCUT2D eigenvalue weighted by molar-refractivity contribution is -0.140. The molecule has 1 N–H and O–H groups in total. The summed E-state index contributed by atoms with van der Waals surface area (Å²) in [6.45, 7) is 3.56. The van der Waals surface area contributed by atoms with Crippen molar-refractivity contribution in [2.24, 2.45) is 0 Å². The van der Waals surface area contributed by atoms with Gasteiger partial charge in [-0.25, -0.2) is 0 Å². The van der Waals surface area contributed by atoms with E-state index in [1.807, 2.05) is 50.4 Å². The fourth-order valence-electron chi connectivity index (χ4n) is 2.75. The van der Waals surface area contributed by atoms with E-state index in [9.17, 15) is 9.59 Å². The zero-order valence-corrected chi connectivity index (χ0v) is 15.4. The minimum Gasteiger partial charge on any atom is -0.480 e. The molecule has 0 spiro atoms. The van der Waals surface area contributed by atoms with Gasteiger partial charge in [-0.15, -0.1) is 0 Å². The molecule has 25 heavy (non-hydrogen) atoms. The van der Waals surface area contributed by atoms with E-state index in [1.54, 1.807) is 6.08 Å². The zero-order valence-electron chi connectivity index (χ0n) is 13.7. The minimum absolute atomic E-state index is 0.274. The molecule has 0 aliphatic carbocycles. The number of rotatable bonds is 4. The summed E-state index contributed by atoms with van der Waals surface area (Å²) < 4.78 is 2.34. The van der Waals surface area contributed by atoms with Crippen LogP contribution in [0, 0.1) is 13.8 Å². The summed E-state index contributed by atoms with van der Waals surface area (Å²) in [7, 11) is 0. The average Bonchev–Trinajstić information content (AvgIpc) is 3.00. The van der Waals surface area contributed by atoms with Gasteiger partial charge in [0.2, 0.25) is 0 Å². The Kier molecular flexibility index (Phi) is 4.78. The molecule has 2 heterocycles.